The zero-order valence-electron chi connectivity index (χ0n) is 21.5. The van der Waals surface area contributed by atoms with E-state index in [1.54, 1.807) is 25.2 Å². The zero-order valence-corrected chi connectivity index (χ0v) is 21.5. The maximum absolute atomic E-state index is 13.6. The van der Waals surface area contributed by atoms with Gasteiger partial charge < -0.3 is 29.7 Å². The standard InChI is InChI=1S/C27H31N5O5/c1-17-7-5-8-19(13-17)29-25-24-21(30-23(31-25)9-6-12-28-27(34)37-4)16-32(26(24)33)15-18-10-11-20(35-2)14-22(18)36-3/h5,7-8,10-11,13-14H,6,9,12,15-16H2,1-4H3,(H,28,34)(H,29,30,31). The van der Waals surface area contributed by atoms with Crippen molar-refractivity contribution >= 4 is 23.5 Å². The Morgan fingerprint density at radius 1 is 1.08 bits per heavy atom. The summed E-state index contributed by atoms with van der Waals surface area (Å²) < 4.78 is 15.4. The Morgan fingerprint density at radius 3 is 2.65 bits per heavy atom. The molecule has 0 saturated carbocycles. The van der Waals surface area contributed by atoms with E-state index in [9.17, 15) is 9.59 Å². The van der Waals surface area contributed by atoms with Gasteiger partial charge in [-0.05, 0) is 43.2 Å². The summed E-state index contributed by atoms with van der Waals surface area (Å²) in [5.74, 6) is 2.24. The van der Waals surface area contributed by atoms with Gasteiger partial charge in [0.05, 0.1) is 40.1 Å². The lowest BCUT2D eigenvalue weighted by atomic mass is 10.1. The smallest absolute Gasteiger partial charge is 0.406 e. The second-order valence-corrected chi connectivity index (χ2v) is 8.67. The van der Waals surface area contributed by atoms with Crippen LogP contribution >= 0.6 is 0 Å². The van der Waals surface area contributed by atoms with Crippen LogP contribution in [0.3, 0.4) is 0 Å². The van der Waals surface area contributed by atoms with Crippen LogP contribution in [0, 0.1) is 6.92 Å². The molecule has 0 saturated heterocycles. The number of aryl methyl sites for hydroxylation is 2. The summed E-state index contributed by atoms with van der Waals surface area (Å²) in [6.45, 7) is 3.13. The summed E-state index contributed by atoms with van der Waals surface area (Å²) in [5.41, 5.74) is 3.91. The quantitative estimate of drug-likeness (QED) is 0.398. The first-order chi connectivity index (χ1) is 17.9. The van der Waals surface area contributed by atoms with E-state index in [-0.39, 0.29) is 5.91 Å². The second-order valence-electron chi connectivity index (χ2n) is 8.67. The first-order valence-electron chi connectivity index (χ1n) is 12.0. The summed E-state index contributed by atoms with van der Waals surface area (Å²) in [6, 6.07) is 13.4. The zero-order chi connectivity index (χ0) is 26.4. The molecule has 2 amide bonds. The average molecular weight is 506 g/mol. The van der Waals surface area contributed by atoms with E-state index in [2.05, 4.69) is 15.4 Å². The van der Waals surface area contributed by atoms with Gasteiger partial charge in [-0.2, -0.15) is 0 Å². The second kappa shape index (κ2) is 11.6. The van der Waals surface area contributed by atoms with Gasteiger partial charge in [-0.25, -0.2) is 14.8 Å². The molecule has 2 heterocycles. The summed E-state index contributed by atoms with van der Waals surface area (Å²) in [4.78, 5) is 36.0. The van der Waals surface area contributed by atoms with E-state index in [0.717, 1.165) is 16.8 Å². The van der Waals surface area contributed by atoms with Crippen LogP contribution in [-0.4, -0.2) is 54.7 Å². The topological polar surface area (TPSA) is 115 Å². The molecule has 1 aliphatic heterocycles. The number of hydrogen-bond acceptors (Lipinski definition) is 8. The van der Waals surface area contributed by atoms with Crippen molar-refractivity contribution < 1.29 is 23.8 Å². The SMILES string of the molecule is COC(=O)NCCCc1nc2c(c(Nc3cccc(C)c3)n1)C(=O)N(Cc1ccc(OC)cc1OC)C2. The molecule has 0 atom stereocenters. The molecule has 10 nitrogen and oxygen atoms in total. The van der Waals surface area contributed by atoms with Gasteiger partial charge in [0.2, 0.25) is 0 Å². The van der Waals surface area contributed by atoms with Gasteiger partial charge in [0.15, 0.2) is 0 Å². The summed E-state index contributed by atoms with van der Waals surface area (Å²) >= 11 is 0. The van der Waals surface area contributed by atoms with Gasteiger partial charge in [-0.3, -0.25) is 4.79 Å². The normalized spacial score (nSPS) is 12.2. The third-order valence-electron chi connectivity index (χ3n) is 6.04. The predicted octanol–water partition coefficient (Wildman–Crippen LogP) is 3.99. The summed E-state index contributed by atoms with van der Waals surface area (Å²) in [6.07, 6.45) is 0.672. The molecule has 0 bridgehead atoms. The molecule has 2 aromatic carbocycles. The van der Waals surface area contributed by atoms with Gasteiger partial charge in [0.1, 0.15) is 28.7 Å². The van der Waals surface area contributed by atoms with Crippen molar-refractivity contribution in [3.8, 4) is 11.5 Å². The number of aromatic nitrogens is 2. The highest BCUT2D eigenvalue weighted by molar-refractivity contribution is 6.02. The van der Waals surface area contributed by atoms with Crippen LogP contribution in [0.15, 0.2) is 42.5 Å². The molecule has 3 aromatic rings. The molecule has 4 rings (SSSR count). The van der Waals surface area contributed by atoms with Crippen LogP contribution in [0.5, 0.6) is 11.5 Å². The Morgan fingerprint density at radius 2 is 1.92 bits per heavy atom. The fraction of sp³-hybridized carbons (Fsp3) is 0.333. The maximum atomic E-state index is 13.6. The van der Waals surface area contributed by atoms with Crippen LogP contribution in [0.1, 0.15) is 39.4 Å². The van der Waals surface area contributed by atoms with Crippen LogP contribution in [0.4, 0.5) is 16.3 Å². The minimum atomic E-state index is -0.480. The third kappa shape index (κ3) is 6.08. The first-order valence-corrected chi connectivity index (χ1v) is 12.0. The highest BCUT2D eigenvalue weighted by atomic mass is 16.5. The number of carbonyl (C=O) groups excluding carboxylic acids is 2. The number of nitrogens with one attached hydrogen (secondary N) is 2. The summed E-state index contributed by atoms with van der Waals surface area (Å²) in [5, 5.41) is 5.99. The van der Waals surface area contributed by atoms with E-state index >= 15 is 0 Å². The first kappa shape index (κ1) is 25.7. The number of amides is 2. The highest BCUT2D eigenvalue weighted by Gasteiger charge is 2.33. The monoisotopic (exact) mass is 505 g/mol. The molecule has 0 unspecified atom stereocenters. The van der Waals surface area contributed by atoms with Gasteiger partial charge in [-0.15, -0.1) is 0 Å². The van der Waals surface area contributed by atoms with Crippen molar-refractivity contribution in [2.75, 3.05) is 33.2 Å². The molecule has 37 heavy (non-hydrogen) atoms. The molecule has 1 aromatic heterocycles. The largest absolute Gasteiger partial charge is 0.497 e. The number of fused-ring (bicyclic) bond motifs is 1. The van der Waals surface area contributed by atoms with Crippen molar-refractivity contribution in [1.82, 2.24) is 20.2 Å². The van der Waals surface area contributed by atoms with Crippen molar-refractivity contribution in [2.24, 2.45) is 0 Å². The number of carbonyl (C=O) groups is 2. The van der Waals surface area contributed by atoms with Crippen LogP contribution in [0.2, 0.25) is 0 Å². The molecule has 0 aliphatic carbocycles. The number of nitrogens with zero attached hydrogens (tertiary/aromatic N) is 3. The van der Waals surface area contributed by atoms with E-state index in [1.165, 1.54) is 7.11 Å². The lowest BCUT2D eigenvalue weighted by molar-refractivity contribution is 0.0765. The Balaban J connectivity index is 1.60. The van der Waals surface area contributed by atoms with Crippen molar-refractivity contribution in [2.45, 2.75) is 32.9 Å². The lowest BCUT2D eigenvalue weighted by Gasteiger charge is -2.18. The van der Waals surface area contributed by atoms with Crippen molar-refractivity contribution in [3.63, 3.8) is 0 Å². The maximum Gasteiger partial charge on any atom is 0.406 e. The minimum absolute atomic E-state index is 0.151. The Labute approximate surface area is 216 Å². The number of benzene rings is 2. The Kier molecular flexibility index (Phi) is 8.07. The Hall–Kier alpha value is -4.34. The van der Waals surface area contributed by atoms with E-state index in [0.29, 0.717) is 66.9 Å². The van der Waals surface area contributed by atoms with Crippen molar-refractivity contribution in [1.29, 1.82) is 0 Å². The fourth-order valence-corrected chi connectivity index (χ4v) is 4.19. The minimum Gasteiger partial charge on any atom is -0.497 e. The number of rotatable bonds is 10. The van der Waals surface area contributed by atoms with Crippen molar-refractivity contribution in [3.05, 3.63) is 70.7 Å². The third-order valence-corrected chi connectivity index (χ3v) is 6.04. The van der Waals surface area contributed by atoms with E-state index < -0.39 is 6.09 Å². The number of methoxy groups -OCH3 is 3. The van der Waals surface area contributed by atoms with Crippen LogP contribution in [0.25, 0.3) is 0 Å². The molecule has 2 N–H and O–H groups in total. The molecule has 1 aliphatic rings. The average Bonchev–Trinajstić information content (AvgIpc) is 3.21. The number of alkyl carbamates (subject to hydrolysis) is 1. The fourth-order valence-electron chi connectivity index (χ4n) is 4.19. The number of hydrogen-bond donors (Lipinski definition) is 2. The molecule has 10 heteroatoms. The molecular formula is C27H31N5O5. The van der Waals surface area contributed by atoms with E-state index in [4.69, 9.17) is 19.4 Å². The van der Waals surface area contributed by atoms with Gasteiger partial charge in [-0.1, -0.05) is 12.1 Å². The molecule has 0 fully saturated rings. The Bertz CT molecular complexity index is 1300. The predicted molar refractivity (Wildman–Crippen MR) is 138 cm³/mol. The summed E-state index contributed by atoms with van der Waals surface area (Å²) in [7, 11) is 4.52. The molecule has 194 valence electrons. The van der Waals surface area contributed by atoms with Crippen LogP contribution in [-0.2, 0) is 24.2 Å². The molecular weight excluding hydrogens is 474 g/mol. The highest BCUT2D eigenvalue weighted by Crippen LogP contribution is 2.33. The van der Waals surface area contributed by atoms with Crippen LogP contribution < -0.4 is 20.1 Å². The van der Waals surface area contributed by atoms with E-state index in [1.807, 2.05) is 43.3 Å². The lowest BCUT2D eigenvalue weighted by Crippen LogP contribution is -2.24. The number of anilines is 2. The van der Waals surface area contributed by atoms with Gasteiger partial charge >= 0.3 is 6.09 Å². The molecule has 0 spiro atoms. The van der Waals surface area contributed by atoms with Gasteiger partial charge in [0, 0.05) is 30.3 Å². The molecule has 0 radical (unpaired) electrons. The van der Waals surface area contributed by atoms with Gasteiger partial charge in [0.25, 0.3) is 5.91 Å². The number of ether oxygens (including phenoxy) is 3.